The summed E-state index contributed by atoms with van der Waals surface area (Å²) >= 11 is 0. The molecule has 0 radical (unpaired) electrons. The van der Waals surface area contributed by atoms with Gasteiger partial charge in [-0.1, -0.05) is 26.0 Å². The molecular weight excluding hydrogens is 276 g/mol. The quantitative estimate of drug-likeness (QED) is 0.756. The first-order chi connectivity index (χ1) is 10.4. The van der Waals surface area contributed by atoms with E-state index < -0.39 is 0 Å². The highest BCUT2D eigenvalue weighted by molar-refractivity contribution is 5.92. The monoisotopic (exact) mass is 302 g/mol. The minimum absolute atomic E-state index is 0.0813. The first-order valence-corrected chi connectivity index (χ1v) is 7.73. The van der Waals surface area contributed by atoms with E-state index >= 15 is 0 Å². The molecule has 0 heterocycles. The molecule has 1 rings (SSSR count). The summed E-state index contributed by atoms with van der Waals surface area (Å²) in [7, 11) is 0. The zero-order chi connectivity index (χ0) is 16.5. The Morgan fingerprint density at radius 2 is 1.73 bits per heavy atom. The van der Waals surface area contributed by atoms with Gasteiger partial charge in [0.05, 0.1) is 0 Å². The predicted molar refractivity (Wildman–Crippen MR) is 91.5 cm³/mol. The maximum absolute atomic E-state index is 11.8. The summed E-state index contributed by atoms with van der Waals surface area (Å²) < 4.78 is 0. The molecule has 0 aromatic heterocycles. The average molecular weight is 302 g/mol. The van der Waals surface area contributed by atoms with Gasteiger partial charge in [-0.2, -0.15) is 0 Å². The highest BCUT2D eigenvalue weighted by Gasteiger charge is 2.05. The van der Waals surface area contributed by atoms with Gasteiger partial charge in [-0.15, -0.1) is 0 Å². The molecule has 1 aromatic rings. The van der Waals surface area contributed by atoms with Crippen LogP contribution in [0, 0.1) is 5.92 Å². The number of rotatable bonds is 7. The van der Waals surface area contributed by atoms with Crippen molar-refractivity contribution in [3.05, 3.63) is 35.9 Å². The number of carbonyl (C=O) groups excluding carboxylic acids is 2. The molecule has 0 aliphatic rings. The van der Waals surface area contributed by atoms with Crippen molar-refractivity contribution in [3.63, 3.8) is 0 Å². The number of anilines is 1. The van der Waals surface area contributed by atoms with E-state index in [0.29, 0.717) is 5.92 Å². The summed E-state index contributed by atoms with van der Waals surface area (Å²) in [6, 6.07) is 7.52. The van der Waals surface area contributed by atoms with Gasteiger partial charge in [0.15, 0.2) is 0 Å². The molecule has 0 bridgehead atoms. The van der Waals surface area contributed by atoms with Gasteiger partial charge in [0.25, 0.3) is 0 Å². The average Bonchev–Trinajstić information content (AvgIpc) is 2.44. The van der Waals surface area contributed by atoms with Crippen molar-refractivity contribution in [3.8, 4) is 0 Å². The van der Waals surface area contributed by atoms with Crippen molar-refractivity contribution in [2.75, 3.05) is 5.32 Å². The molecular formula is C18H26N2O2. The Hall–Kier alpha value is -2.10. The highest BCUT2D eigenvalue weighted by atomic mass is 16.2. The van der Waals surface area contributed by atoms with Crippen molar-refractivity contribution in [1.29, 1.82) is 0 Å². The molecule has 0 saturated heterocycles. The Balaban J connectivity index is 2.46. The lowest BCUT2D eigenvalue weighted by Crippen LogP contribution is -2.31. The van der Waals surface area contributed by atoms with Crippen molar-refractivity contribution in [1.82, 2.24) is 5.32 Å². The number of hydrogen-bond donors (Lipinski definition) is 2. The molecule has 0 aliphatic carbocycles. The van der Waals surface area contributed by atoms with E-state index in [1.165, 1.54) is 6.92 Å². The molecule has 0 aliphatic heterocycles. The first-order valence-electron chi connectivity index (χ1n) is 7.73. The standard InChI is InChI=1S/C18H26N2O2/c1-13(2)5-6-14(3)19-18(22)12-9-16-7-10-17(11-8-16)20-15(4)21/h7-14H,5-6H2,1-4H3,(H,19,22)(H,20,21)/b12-9+. The van der Waals surface area contributed by atoms with Crippen LogP contribution < -0.4 is 10.6 Å². The molecule has 2 N–H and O–H groups in total. The summed E-state index contributed by atoms with van der Waals surface area (Å²) in [6.45, 7) is 7.85. The molecule has 2 amide bonds. The zero-order valence-corrected chi connectivity index (χ0v) is 13.8. The minimum Gasteiger partial charge on any atom is -0.350 e. The second-order valence-corrected chi connectivity index (χ2v) is 6.02. The van der Waals surface area contributed by atoms with E-state index in [4.69, 9.17) is 0 Å². The number of hydrogen-bond acceptors (Lipinski definition) is 2. The fourth-order valence-corrected chi connectivity index (χ4v) is 2.00. The molecule has 0 fully saturated rings. The number of carbonyl (C=O) groups is 2. The van der Waals surface area contributed by atoms with E-state index in [0.717, 1.165) is 24.1 Å². The van der Waals surface area contributed by atoms with E-state index in [2.05, 4.69) is 24.5 Å². The van der Waals surface area contributed by atoms with Crippen LogP contribution in [-0.4, -0.2) is 17.9 Å². The second-order valence-electron chi connectivity index (χ2n) is 6.02. The van der Waals surface area contributed by atoms with Crippen molar-refractivity contribution in [2.24, 2.45) is 5.92 Å². The van der Waals surface area contributed by atoms with Crippen LogP contribution in [-0.2, 0) is 9.59 Å². The molecule has 1 atom stereocenters. The van der Waals surface area contributed by atoms with Crippen LogP contribution >= 0.6 is 0 Å². The fourth-order valence-electron chi connectivity index (χ4n) is 2.00. The zero-order valence-electron chi connectivity index (χ0n) is 13.8. The van der Waals surface area contributed by atoms with E-state index in [1.54, 1.807) is 12.2 Å². The molecule has 4 heteroatoms. The number of nitrogens with one attached hydrogen (secondary N) is 2. The van der Waals surface area contributed by atoms with Gasteiger partial charge in [-0.05, 0) is 49.5 Å². The maximum atomic E-state index is 11.8. The van der Waals surface area contributed by atoms with E-state index in [9.17, 15) is 9.59 Å². The maximum Gasteiger partial charge on any atom is 0.244 e. The third kappa shape index (κ3) is 7.62. The van der Waals surface area contributed by atoms with Crippen LogP contribution in [0.3, 0.4) is 0 Å². The van der Waals surface area contributed by atoms with Crippen molar-refractivity contribution < 1.29 is 9.59 Å². The van der Waals surface area contributed by atoms with Crippen molar-refractivity contribution in [2.45, 2.75) is 46.6 Å². The lowest BCUT2D eigenvalue weighted by atomic mass is 10.0. The Bertz CT molecular complexity index is 518. The smallest absolute Gasteiger partial charge is 0.244 e. The van der Waals surface area contributed by atoms with Crippen LogP contribution in [0.25, 0.3) is 6.08 Å². The van der Waals surface area contributed by atoms with Gasteiger partial charge in [0.1, 0.15) is 0 Å². The summed E-state index contributed by atoms with van der Waals surface area (Å²) in [6.07, 6.45) is 5.40. The third-order valence-electron chi connectivity index (χ3n) is 3.22. The largest absolute Gasteiger partial charge is 0.350 e. The fraction of sp³-hybridized carbons (Fsp3) is 0.444. The van der Waals surface area contributed by atoms with Crippen LogP contribution in [0.4, 0.5) is 5.69 Å². The molecule has 4 nitrogen and oxygen atoms in total. The van der Waals surface area contributed by atoms with Gasteiger partial charge < -0.3 is 10.6 Å². The van der Waals surface area contributed by atoms with Crippen LogP contribution in [0.1, 0.15) is 46.1 Å². The first kappa shape index (κ1) is 18.0. The molecule has 0 saturated carbocycles. The minimum atomic E-state index is -0.0990. The molecule has 22 heavy (non-hydrogen) atoms. The molecule has 1 unspecified atom stereocenters. The van der Waals surface area contributed by atoms with Gasteiger partial charge in [0, 0.05) is 24.7 Å². The SMILES string of the molecule is CC(=O)Nc1ccc(/C=C/C(=O)NC(C)CCC(C)C)cc1. The molecule has 1 aromatic carbocycles. The van der Waals surface area contributed by atoms with Crippen LogP contribution in [0.2, 0.25) is 0 Å². The number of benzene rings is 1. The van der Waals surface area contributed by atoms with Gasteiger partial charge in [-0.25, -0.2) is 0 Å². The Morgan fingerprint density at radius 3 is 2.27 bits per heavy atom. The normalized spacial score (nSPS) is 12.4. The highest BCUT2D eigenvalue weighted by Crippen LogP contribution is 2.11. The summed E-state index contributed by atoms with van der Waals surface area (Å²) in [4.78, 5) is 22.8. The van der Waals surface area contributed by atoms with Gasteiger partial charge in [0.2, 0.25) is 11.8 Å². The summed E-state index contributed by atoms with van der Waals surface area (Å²) in [5, 5.41) is 5.66. The Kier molecular flexibility index (Phi) is 7.37. The summed E-state index contributed by atoms with van der Waals surface area (Å²) in [5.41, 5.74) is 1.66. The lowest BCUT2D eigenvalue weighted by molar-refractivity contribution is -0.117. The Labute approximate surface area is 133 Å². The lowest BCUT2D eigenvalue weighted by Gasteiger charge is -2.13. The predicted octanol–water partition coefficient (Wildman–Crippen LogP) is 3.60. The summed E-state index contributed by atoms with van der Waals surface area (Å²) in [5.74, 6) is 0.470. The van der Waals surface area contributed by atoms with Crippen LogP contribution in [0.5, 0.6) is 0 Å². The molecule has 0 spiro atoms. The van der Waals surface area contributed by atoms with Gasteiger partial charge in [-0.3, -0.25) is 9.59 Å². The second kappa shape index (κ2) is 9.03. The van der Waals surface area contributed by atoms with Gasteiger partial charge >= 0.3 is 0 Å². The Morgan fingerprint density at radius 1 is 1.09 bits per heavy atom. The van der Waals surface area contributed by atoms with E-state index in [-0.39, 0.29) is 17.9 Å². The number of amides is 2. The third-order valence-corrected chi connectivity index (χ3v) is 3.22. The van der Waals surface area contributed by atoms with Crippen molar-refractivity contribution >= 4 is 23.6 Å². The molecule has 120 valence electrons. The van der Waals surface area contributed by atoms with Crippen LogP contribution in [0.15, 0.2) is 30.3 Å². The van der Waals surface area contributed by atoms with E-state index in [1.807, 2.05) is 31.2 Å². The topological polar surface area (TPSA) is 58.2 Å².